The molecule has 1 aromatic carbocycles. The first-order valence-corrected chi connectivity index (χ1v) is 7.00. The van der Waals surface area contributed by atoms with Gasteiger partial charge in [-0.05, 0) is 31.2 Å². The molecule has 2 rings (SSSR count). The van der Waals surface area contributed by atoms with E-state index in [0.29, 0.717) is 0 Å². The van der Waals surface area contributed by atoms with Crippen molar-refractivity contribution in [2.75, 3.05) is 5.32 Å². The zero-order valence-electron chi connectivity index (χ0n) is 10.4. The molecule has 0 spiro atoms. The van der Waals surface area contributed by atoms with Gasteiger partial charge in [0.15, 0.2) is 0 Å². The van der Waals surface area contributed by atoms with Crippen LogP contribution in [-0.4, -0.2) is 19.2 Å². The molecule has 0 aromatic heterocycles. The number of rotatable bonds is 3. The van der Waals surface area contributed by atoms with Crippen LogP contribution in [0.25, 0.3) is 0 Å². The number of nitro groups is 1. The number of allylic oxidation sites excluding steroid dienone is 3. The van der Waals surface area contributed by atoms with Gasteiger partial charge in [-0.15, -0.1) is 0 Å². The molecule has 0 fully saturated rings. The second kappa shape index (κ2) is 4.89. The predicted molar refractivity (Wildman–Crippen MR) is 72.5 cm³/mol. The number of anilines is 1. The Hall–Kier alpha value is -2.48. The van der Waals surface area contributed by atoms with Crippen LogP contribution in [0.1, 0.15) is 6.92 Å². The van der Waals surface area contributed by atoms with Crippen LogP contribution >= 0.6 is 0 Å². The van der Waals surface area contributed by atoms with Gasteiger partial charge in [-0.2, -0.15) is 0 Å². The monoisotopic (exact) mass is 294 g/mol. The maximum absolute atomic E-state index is 11.9. The van der Waals surface area contributed by atoms with Crippen LogP contribution in [0.4, 0.5) is 11.4 Å². The second-order valence-electron chi connectivity index (χ2n) is 4.07. The van der Waals surface area contributed by atoms with Crippen molar-refractivity contribution in [3.05, 3.63) is 56.3 Å². The average Bonchev–Trinajstić information content (AvgIpc) is 2.64. The zero-order valence-corrected chi connectivity index (χ0v) is 11.2. The van der Waals surface area contributed by atoms with Crippen molar-refractivity contribution >= 4 is 27.1 Å². The number of nitrogens with zero attached hydrogens (tertiary/aromatic N) is 1. The van der Waals surface area contributed by atoms with E-state index in [9.17, 15) is 23.3 Å². The van der Waals surface area contributed by atoms with Crippen molar-refractivity contribution in [2.24, 2.45) is 0 Å². The van der Waals surface area contributed by atoms with Crippen molar-refractivity contribution in [3.63, 3.8) is 0 Å². The Morgan fingerprint density at radius 3 is 2.25 bits per heavy atom. The third-order valence-electron chi connectivity index (χ3n) is 2.74. The van der Waals surface area contributed by atoms with Gasteiger partial charge in [0.25, 0.3) is 11.6 Å². The molecule has 0 atom stereocenters. The molecule has 1 aromatic rings. The number of carbonyl (C=O) groups excluding carboxylic acids is 1. The summed E-state index contributed by atoms with van der Waals surface area (Å²) >= 11 is 0. The number of carbonyl (C=O) groups is 1. The van der Waals surface area contributed by atoms with E-state index in [4.69, 9.17) is 0 Å². The Morgan fingerprint density at radius 2 is 1.80 bits per heavy atom. The number of hydrogen-bond acceptors (Lipinski definition) is 5. The van der Waals surface area contributed by atoms with Crippen LogP contribution in [0.5, 0.6) is 0 Å². The molecule has 0 saturated carbocycles. The highest BCUT2D eigenvalue weighted by atomic mass is 32.2. The van der Waals surface area contributed by atoms with Gasteiger partial charge in [0, 0.05) is 22.7 Å². The largest absolute Gasteiger partial charge is 0.321 e. The number of non-ortho nitro benzene ring substituents is 1. The molecule has 0 radical (unpaired) electrons. The number of nitrogens with one attached hydrogen (secondary N) is 1. The summed E-state index contributed by atoms with van der Waals surface area (Å²) in [6, 6.07) is 5.10. The Labute approximate surface area is 114 Å². The molecular formula is C12H10N2O5S. The molecule has 0 aliphatic carbocycles. The van der Waals surface area contributed by atoms with E-state index in [-0.39, 0.29) is 21.2 Å². The fourth-order valence-electron chi connectivity index (χ4n) is 1.60. The molecule has 0 bridgehead atoms. The Kier molecular flexibility index (Phi) is 3.41. The maximum atomic E-state index is 11.9. The van der Waals surface area contributed by atoms with Gasteiger partial charge in [0.1, 0.15) is 4.91 Å². The first-order valence-electron chi connectivity index (χ1n) is 5.52. The molecule has 104 valence electrons. The van der Waals surface area contributed by atoms with E-state index >= 15 is 0 Å². The number of sulfone groups is 1. The molecule has 1 amide bonds. The molecular weight excluding hydrogens is 284 g/mol. The quantitative estimate of drug-likeness (QED) is 0.675. The third kappa shape index (κ3) is 2.45. The van der Waals surface area contributed by atoms with Crippen molar-refractivity contribution in [3.8, 4) is 0 Å². The van der Waals surface area contributed by atoms with Gasteiger partial charge in [0.2, 0.25) is 9.84 Å². The molecule has 1 heterocycles. The summed E-state index contributed by atoms with van der Waals surface area (Å²) in [5, 5.41) is 12.9. The maximum Gasteiger partial charge on any atom is 0.269 e. The first kappa shape index (κ1) is 13.9. The lowest BCUT2D eigenvalue weighted by atomic mass is 10.3. The number of nitro benzene ring substituents is 1. The summed E-state index contributed by atoms with van der Waals surface area (Å²) in [6.07, 6.45) is 2.57. The molecule has 8 heteroatoms. The van der Waals surface area contributed by atoms with Crippen LogP contribution in [-0.2, 0) is 14.6 Å². The summed E-state index contributed by atoms with van der Waals surface area (Å²) in [5.41, 5.74) is 0.162. The third-order valence-corrected chi connectivity index (χ3v) is 4.63. The van der Waals surface area contributed by atoms with E-state index in [0.717, 1.165) is 0 Å². The minimum absolute atomic E-state index is 0.103. The Morgan fingerprint density at radius 1 is 1.20 bits per heavy atom. The summed E-state index contributed by atoms with van der Waals surface area (Å²) in [4.78, 5) is 21.6. The SMILES string of the molecule is CC1=CC=C(C(=O)Nc2ccc([N+](=O)[O-])cc2)S1(=O)=O. The Balaban J connectivity index is 2.16. The number of benzene rings is 1. The van der Waals surface area contributed by atoms with Gasteiger partial charge in [-0.25, -0.2) is 8.42 Å². The smallest absolute Gasteiger partial charge is 0.269 e. The van der Waals surface area contributed by atoms with Crippen LogP contribution in [0.15, 0.2) is 46.2 Å². The van der Waals surface area contributed by atoms with E-state index in [1.165, 1.54) is 43.3 Å². The average molecular weight is 294 g/mol. The summed E-state index contributed by atoms with van der Waals surface area (Å²) in [7, 11) is -3.70. The number of amides is 1. The van der Waals surface area contributed by atoms with Gasteiger partial charge in [0.05, 0.1) is 4.92 Å². The van der Waals surface area contributed by atoms with Gasteiger partial charge in [-0.1, -0.05) is 0 Å². The molecule has 0 saturated heterocycles. The van der Waals surface area contributed by atoms with Crippen molar-refractivity contribution in [1.82, 2.24) is 0 Å². The zero-order chi connectivity index (χ0) is 14.9. The van der Waals surface area contributed by atoms with Crippen LogP contribution in [0.3, 0.4) is 0 Å². The fraction of sp³-hybridized carbons (Fsp3) is 0.0833. The van der Waals surface area contributed by atoms with Gasteiger partial charge >= 0.3 is 0 Å². The van der Waals surface area contributed by atoms with E-state index in [2.05, 4.69) is 5.32 Å². The minimum atomic E-state index is -3.70. The minimum Gasteiger partial charge on any atom is -0.321 e. The highest BCUT2D eigenvalue weighted by Gasteiger charge is 2.29. The van der Waals surface area contributed by atoms with Gasteiger partial charge < -0.3 is 5.32 Å². The molecule has 20 heavy (non-hydrogen) atoms. The topological polar surface area (TPSA) is 106 Å². The van der Waals surface area contributed by atoms with Crippen LogP contribution < -0.4 is 5.32 Å². The van der Waals surface area contributed by atoms with E-state index in [1.807, 2.05) is 0 Å². The Bertz CT molecular complexity index is 745. The molecule has 1 aliphatic rings. The highest BCUT2D eigenvalue weighted by molar-refractivity contribution is 8.00. The van der Waals surface area contributed by atoms with Crippen molar-refractivity contribution in [2.45, 2.75) is 6.92 Å². The first-order chi connectivity index (χ1) is 9.32. The highest BCUT2D eigenvalue weighted by Crippen LogP contribution is 2.25. The van der Waals surface area contributed by atoms with E-state index < -0.39 is 20.7 Å². The summed E-state index contributed by atoms with van der Waals surface area (Å²) in [6.45, 7) is 1.40. The van der Waals surface area contributed by atoms with Crippen molar-refractivity contribution < 1.29 is 18.1 Å². The van der Waals surface area contributed by atoms with Crippen LogP contribution in [0, 0.1) is 10.1 Å². The lowest BCUT2D eigenvalue weighted by Crippen LogP contribution is -2.19. The standard InChI is InChI=1S/C12H10N2O5S/c1-8-2-7-11(20(8,18)19)12(15)13-9-3-5-10(6-4-9)14(16)17/h2-7H,1H3,(H,13,15). The van der Waals surface area contributed by atoms with E-state index in [1.54, 1.807) is 0 Å². The normalized spacial score (nSPS) is 16.2. The summed E-state index contributed by atoms with van der Waals surface area (Å²) in [5.74, 6) is -0.771. The van der Waals surface area contributed by atoms with Gasteiger partial charge in [-0.3, -0.25) is 14.9 Å². The number of hydrogen-bond donors (Lipinski definition) is 1. The second-order valence-corrected chi connectivity index (χ2v) is 6.16. The lowest BCUT2D eigenvalue weighted by molar-refractivity contribution is -0.384. The molecule has 1 aliphatic heterocycles. The fourth-order valence-corrected chi connectivity index (χ4v) is 2.74. The lowest BCUT2D eigenvalue weighted by Gasteiger charge is -2.06. The van der Waals surface area contributed by atoms with Crippen LogP contribution in [0.2, 0.25) is 0 Å². The summed E-state index contributed by atoms with van der Waals surface area (Å²) < 4.78 is 23.6. The molecule has 0 unspecified atom stereocenters. The molecule has 7 nitrogen and oxygen atoms in total. The molecule has 1 N–H and O–H groups in total. The van der Waals surface area contributed by atoms with Crippen molar-refractivity contribution in [1.29, 1.82) is 0 Å². The predicted octanol–water partition coefficient (Wildman–Crippen LogP) is 1.75.